The van der Waals surface area contributed by atoms with Crippen molar-refractivity contribution in [3.05, 3.63) is 59.3 Å². The molecule has 0 aliphatic carbocycles. The molecule has 5 nitrogen and oxygen atoms in total. The van der Waals surface area contributed by atoms with Gasteiger partial charge in [0.1, 0.15) is 5.82 Å². The summed E-state index contributed by atoms with van der Waals surface area (Å²) in [5.74, 6) is -0.731. The van der Waals surface area contributed by atoms with Gasteiger partial charge in [-0.3, -0.25) is 0 Å². The molecule has 0 aliphatic rings. The van der Waals surface area contributed by atoms with Crippen molar-refractivity contribution >= 4 is 5.95 Å². The first-order valence-corrected chi connectivity index (χ1v) is 7.19. The maximum absolute atomic E-state index is 13.3. The highest BCUT2D eigenvalue weighted by atomic mass is 19.4. The fourth-order valence-electron chi connectivity index (χ4n) is 2.18. The summed E-state index contributed by atoms with van der Waals surface area (Å²) >= 11 is 0. The topological polar surface area (TPSA) is 63.8 Å². The van der Waals surface area contributed by atoms with Gasteiger partial charge in [-0.05, 0) is 24.6 Å². The molecule has 0 atom stereocenters. The Hall–Kier alpha value is -2.97. The van der Waals surface area contributed by atoms with Gasteiger partial charge in [0.25, 0.3) is 0 Å². The minimum absolute atomic E-state index is 0.0681. The maximum Gasteiger partial charge on any atom is 0.434 e. The van der Waals surface area contributed by atoms with E-state index in [1.165, 1.54) is 24.3 Å². The van der Waals surface area contributed by atoms with Crippen molar-refractivity contribution in [1.82, 2.24) is 15.1 Å². The number of nitrogens with zero attached hydrogens (tertiary/aromatic N) is 3. The Morgan fingerprint density at radius 3 is 2.64 bits per heavy atom. The summed E-state index contributed by atoms with van der Waals surface area (Å²) in [5.41, 5.74) is -0.451. The van der Waals surface area contributed by atoms with E-state index in [0.29, 0.717) is 11.3 Å². The molecule has 0 aliphatic heterocycles. The molecule has 0 saturated heterocycles. The lowest BCUT2D eigenvalue weighted by molar-refractivity contribution is -0.140. The third-order valence-electron chi connectivity index (χ3n) is 3.29. The number of alkyl halides is 3. The average Bonchev–Trinajstić information content (AvgIpc) is 2.98. The van der Waals surface area contributed by atoms with Gasteiger partial charge in [0, 0.05) is 18.8 Å². The monoisotopic (exact) mass is 352 g/mol. The predicted octanol–water partition coefficient (Wildman–Crippen LogP) is 4.21. The third-order valence-corrected chi connectivity index (χ3v) is 3.29. The van der Waals surface area contributed by atoms with Gasteiger partial charge in [-0.15, -0.1) is 0 Å². The maximum atomic E-state index is 13.3. The Morgan fingerprint density at radius 2 is 2.00 bits per heavy atom. The molecule has 9 heteroatoms. The molecule has 2 heterocycles. The summed E-state index contributed by atoms with van der Waals surface area (Å²) in [5, 5.41) is 6.22. The van der Waals surface area contributed by atoms with E-state index in [1.807, 2.05) is 0 Å². The van der Waals surface area contributed by atoms with Gasteiger partial charge in [0.05, 0.1) is 11.3 Å². The van der Waals surface area contributed by atoms with Crippen molar-refractivity contribution in [2.24, 2.45) is 0 Å². The summed E-state index contributed by atoms with van der Waals surface area (Å²) in [6, 6.07) is 7.04. The lowest BCUT2D eigenvalue weighted by Gasteiger charge is -2.12. The lowest BCUT2D eigenvalue weighted by Crippen LogP contribution is -2.13. The van der Waals surface area contributed by atoms with E-state index < -0.39 is 17.7 Å². The van der Waals surface area contributed by atoms with Crippen molar-refractivity contribution < 1.29 is 22.1 Å². The van der Waals surface area contributed by atoms with Gasteiger partial charge >= 0.3 is 6.18 Å². The van der Waals surface area contributed by atoms with E-state index in [0.717, 1.165) is 6.20 Å². The van der Waals surface area contributed by atoms with Crippen LogP contribution in [0.15, 0.2) is 41.1 Å². The molecule has 0 bridgehead atoms. The van der Waals surface area contributed by atoms with Crippen LogP contribution in [-0.4, -0.2) is 15.1 Å². The number of benzene rings is 1. The first-order valence-electron chi connectivity index (χ1n) is 7.19. The Morgan fingerprint density at radius 1 is 1.20 bits per heavy atom. The van der Waals surface area contributed by atoms with Crippen LogP contribution in [0.2, 0.25) is 0 Å². The molecule has 1 aromatic carbocycles. The Balaban J connectivity index is 1.89. The van der Waals surface area contributed by atoms with Crippen LogP contribution >= 0.6 is 0 Å². The van der Waals surface area contributed by atoms with E-state index in [2.05, 4.69) is 20.4 Å². The quantitative estimate of drug-likeness (QED) is 0.713. The molecule has 0 saturated carbocycles. The second-order valence-corrected chi connectivity index (χ2v) is 5.27. The number of rotatable bonds is 4. The van der Waals surface area contributed by atoms with Crippen molar-refractivity contribution in [3.8, 4) is 11.3 Å². The first-order chi connectivity index (χ1) is 11.8. The van der Waals surface area contributed by atoms with Gasteiger partial charge in [0.15, 0.2) is 11.5 Å². The fourth-order valence-corrected chi connectivity index (χ4v) is 2.18. The summed E-state index contributed by atoms with van der Waals surface area (Å²) in [4.78, 5) is 7.41. The molecular formula is C16H12F4N4O. The molecule has 3 rings (SSSR count). The Bertz CT molecular complexity index is 892. The van der Waals surface area contributed by atoms with E-state index in [-0.39, 0.29) is 23.8 Å². The van der Waals surface area contributed by atoms with Gasteiger partial charge in [-0.2, -0.15) is 13.2 Å². The highest BCUT2D eigenvalue weighted by Crippen LogP contribution is 2.36. The van der Waals surface area contributed by atoms with Gasteiger partial charge in [-0.1, -0.05) is 17.3 Å². The highest BCUT2D eigenvalue weighted by Gasteiger charge is 2.37. The molecule has 0 fully saturated rings. The van der Waals surface area contributed by atoms with Crippen LogP contribution in [0, 0.1) is 12.7 Å². The summed E-state index contributed by atoms with van der Waals surface area (Å²) in [6.45, 7) is 1.67. The number of hydrogen-bond donors (Lipinski definition) is 1. The number of halogens is 4. The van der Waals surface area contributed by atoms with Crippen LogP contribution in [0.5, 0.6) is 0 Å². The highest BCUT2D eigenvalue weighted by molar-refractivity contribution is 5.61. The smallest absolute Gasteiger partial charge is 0.356 e. The van der Waals surface area contributed by atoms with Crippen LogP contribution in [0.1, 0.15) is 17.0 Å². The van der Waals surface area contributed by atoms with E-state index in [4.69, 9.17) is 4.52 Å². The molecule has 130 valence electrons. The predicted molar refractivity (Wildman–Crippen MR) is 81.0 cm³/mol. The molecular weight excluding hydrogens is 340 g/mol. The standard InChI is InChI=1S/C16H12F4N4O/c1-9-5-13(25-24-9)12-8-22-15(23-14(12)16(18,19)20)21-7-10-3-2-4-11(17)6-10/h2-6,8H,7H2,1H3,(H,21,22,23). The van der Waals surface area contributed by atoms with Gasteiger partial charge in [0.2, 0.25) is 5.95 Å². The van der Waals surface area contributed by atoms with Crippen LogP contribution in [-0.2, 0) is 12.7 Å². The molecule has 3 aromatic rings. The molecule has 1 N–H and O–H groups in total. The van der Waals surface area contributed by atoms with Gasteiger partial charge < -0.3 is 9.84 Å². The van der Waals surface area contributed by atoms with Crippen molar-refractivity contribution in [3.63, 3.8) is 0 Å². The largest absolute Gasteiger partial charge is 0.434 e. The Labute approximate surface area is 139 Å². The van der Waals surface area contributed by atoms with Crippen molar-refractivity contribution in [2.75, 3.05) is 5.32 Å². The fraction of sp³-hybridized carbons (Fsp3) is 0.188. The number of anilines is 1. The second kappa shape index (κ2) is 6.50. The zero-order valence-corrected chi connectivity index (χ0v) is 12.9. The first kappa shape index (κ1) is 16.9. The zero-order valence-electron chi connectivity index (χ0n) is 12.9. The SMILES string of the molecule is Cc1cc(-c2cnc(NCc3cccc(F)c3)nc2C(F)(F)F)on1. The minimum Gasteiger partial charge on any atom is -0.356 e. The molecule has 25 heavy (non-hydrogen) atoms. The number of aromatic nitrogens is 3. The van der Waals surface area contributed by atoms with Crippen LogP contribution in [0.25, 0.3) is 11.3 Å². The van der Waals surface area contributed by atoms with E-state index >= 15 is 0 Å². The normalized spacial score (nSPS) is 11.6. The lowest BCUT2D eigenvalue weighted by atomic mass is 10.1. The number of aryl methyl sites for hydroxylation is 1. The molecule has 0 radical (unpaired) electrons. The minimum atomic E-state index is -4.70. The van der Waals surface area contributed by atoms with Crippen LogP contribution in [0.4, 0.5) is 23.5 Å². The third kappa shape index (κ3) is 3.93. The zero-order chi connectivity index (χ0) is 18.0. The second-order valence-electron chi connectivity index (χ2n) is 5.27. The summed E-state index contributed by atoms with van der Waals surface area (Å²) in [6.07, 6.45) is -3.68. The number of hydrogen-bond acceptors (Lipinski definition) is 5. The average molecular weight is 352 g/mol. The molecule has 2 aromatic heterocycles. The molecule has 0 unspecified atom stereocenters. The van der Waals surface area contributed by atoms with Crippen molar-refractivity contribution in [1.29, 1.82) is 0 Å². The Kier molecular flexibility index (Phi) is 4.39. The van der Waals surface area contributed by atoms with Crippen molar-refractivity contribution in [2.45, 2.75) is 19.6 Å². The van der Waals surface area contributed by atoms with Gasteiger partial charge in [-0.25, -0.2) is 14.4 Å². The van der Waals surface area contributed by atoms with Crippen LogP contribution < -0.4 is 5.32 Å². The van der Waals surface area contributed by atoms with E-state index in [1.54, 1.807) is 13.0 Å². The number of nitrogens with one attached hydrogen (secondary N) is 1. The van der Waals surface area contributed by atoms with Crippen LogP contribution in [0.3, 0.4) is 0 Å². The van der Waals surface area contributed by atoms with E-state index in [9.17, 15) is 17.6 Å². The summed E-state index contributed by atoms with van der Waals surface area (Å²) in [7, 11) is 0. The molecule has 0 amide bonds. The molecule has 0 spiro atoms. The summed E-state index contributed by atoms with van der Waals surface area (Å²) < 4.78 is 57.9.